The lowest BCUT2D eigenvalue weighted by Gasteiger charge is -2.23. The van der Waals surface area contributed by atoms with Gasteiger partial charge in [-0.2, -0.15) is 17.5 Å². The molecule has 2 N–H and O–H groups in total. The number of sulfonamides is 1. The normalized spacial score (nSPS) is 16.6. The molecule has 0 aromatic carbocycles. The van der Waals surface area contributed by atoms with Crippen molar-refractivity contribution < 1.29 is 21.6 Å². The molecule has 5 nitrogen and oxygen atoms in total. The van der Waals surface area contributed by atoms with Gasteiger partial charge in [0, 0.05) is 18.8 Å². The fourth-order valence-electron chi connectivity index (χ4n) is 1.89. The maximum Gasteiger partial charge on any atom is 0.402 e. The Hall–Kier alpha value is -1.19. The summed E-state index contributed by atoms with van der Waals surface area (Å²) in [5.41, 5.74) is 5.47. The van der Waals surface area contributed by atoms with Gasteiger partial charge in [-0.25, -0.2) is 8.42 Å². The summed E-state index contributed by atoms with van der Waals surface area (Å²) in [7, 11) is -4.24. The summed E-state index contributed by atoms with van der Waals surface area (Å²) in [6.45, 7) is -1.64. The fraction of sp³-hybridized carbons (Fsp3) is 0.545. The van der Waals surface area contributed by atoms with Crippen molar-refractivity contribution in [1.82, 2.24) is 9.29 Å². The summed E-state index contributed by atoms with van der Waals surface area (Å²) < 4.78 is 63.0. The number of nitrogens with zero attached hydrogens (tertiary/aromatic N) is 2. The number of aromatic nitrogens is 1. The predicted molar refractivity (Wildman–Crippen MR) is 65.1 cm³/mol. The van der Waals surface area contributed by atoms with Gasteiger partial charge in [-0.05, 0) is 25.0 Å². The van der Waals surface area contributed by atoms with Gasteiger partial charge < -0.3 is 5.73 Å². The van der Waals surface area contributed by atoms with Gasteiger partial charge in [-0.3, -0.25) is 4.98 Å². The van der Waals surface area contributed by atoms with Crippen LogP contribution >= 0.6 is 0 Å². The van der Waals surface area contributed by atoms with Gasteiger partial charge in [0.2, 0.25) is 10.0 Å². The lowest BCUT2D eigenvalue weighted by Crippen LogP contribution is -2.41. The zero-order valence-corrected chi connectivity index (χ0v) is 11.3. The van der Waals surface area contributed by atoms with Crippen LogP contribution in [0.3, 0.4) is 0 Å². The molecule has 0 amide bonds. The number of halogens is 3. The number of nitrogens with two attached hydrogens (primary N) is 1. The Kier molecular flexibility index (Phi) is 4.03. The van der Waals surface area contributed by atoms with E-state index in [1.54, 1.807) is 0 Å². The van der Waals surface area contributed by atoms with Crippen LogP contribution in [0.25, 0.3) is 0 Å². The topological polar surface area (TPSA) is 76.3 Å². The molecular formula is C11H14F3N3O2S. The van der Waals surface area contributed by atoms with E-state index in [4.69, 9.17) is 5.73 Å². The van der Waals surface area contributed by atoms with Gasteiger partial charge in [-0.15, -0.1) is 0 Å². The maximum absolute atomic E-state index is 12.6. The SMILES string of the molecule is NCc1ncccc1S(=O)(=O)N(CC(F)(F)F)C1CC1. The van der Waals surface area contributed by atoms with E-state index < -0.39 is 28.8 Å². The molecule has 20 heavy (non-hydrogen) atoms. The monoisotopic (exact) mass is 309 g/mol. The maximum atomic E-state index is 12.6. The van der Waals surface area contributed by atoms with Crippen LogP contribution in [0.2, 0.25) is 0 Å². The number of pyridine rings is 1. The Morgan fingerprint density at radius 1 is 1.40 bits per heavy atom. The van der Waals surface area contributed by atoms with Crippen molar-refractivity contribution in [3.63, 3.8) is 0 Å². The smallest absolute Gasteiger partial charge is 0.325 e. The van der Waals surface area contributed by atoms with E-state index in [1.165, 1.54) is 18.3 Å². The highest BCUT2D eigenvalue weighted by atomic mass is 32.2. The van der Waals surface area contributed by atoms with Crippen molar-refractivity contribution in [1.29, 1.82) is 0 Å². The van der Waals surface area contributed by atoms with Crippen LogP contribution in [-0.2, 0) is 16.6 Å². The number of alkyl halides is 3. The molecule has 2 rings (SSSR count). The molecule has 0 radical (unpaired) electrons. The zero-order valence-electron chi connectivity index (χ0n) is 10.5. The van der Waals surface area contributed by atoms with E-state index in [0.717, 1.165) is 0 Å². The lowest BCUT2D eigenvalue weighted by atomic mass is 10.3. The second kappa shape index (κ2) is 5.30. The zero-order chi connectivity index (χ0) is 15.0. The number of hydrogen-bond acceptors (Lipinski definition) is 4. The van der Waals surface area contributed by atoms with Gasteiger partial charge in [-0.1, -0.05) is 0 Å². The van der Waals surface area contributed by atoms with Gasteiger partial charge >= 0.3 is 6.18 Å². The molecule has 1 heterocycles. The first-order valence-electron chi connectivity index (χ1n) is 5.98. The van der Waals surface area contributed by atoms with Crippen LogP contribution < -0.4 is 5.73 Å². The average molecular weight is 309 g/mol. The van der Waals surface area contributed by atoms with E-state index in [2.05, 4.69) is 4.98 Å². The molecule has 9 heteroatoms. The van der Waals surface area contributed by atoms with E-state index in [-0.39, 0.29) is 17.1 Å². The molecule has 1 fully saturated rings. The lowest BCUT2D eigenvalue weighted by molar-refractivity contribution is -0.137. The molecule has 1 aromatic rings. The Balaban J connectivity index is 2.40. The van der Waals surface area contributed by atoms with Crippen molar-refractivity contribution in [2.45, 2.75) is 36.5 Å². The van der Waals surface area contributed by atoms with Crippen molar-refractivity contribution in [2.75, 3.05) is 6.54 Å². The summed E-state index contributed by atoms with van der Waals surface area (Å²) in [4.78, 5) is 3.56. The highest BCUT2D eigenvalue weighted by Crippen LogP contribution is 2.35. The molecule has 112 valence electrons. The van der Waals surface area contributed by atoms with Crippen LogP contribution in [0.1, 0.15) is 18.5 Å². The molecule has 1 aliphatic rings. The molecule has 0 unspecified atom stereocenters. The second-order valence-corrected chi connectivity index (χ2v) is 6.41. The molecule has 1 aromatic heterocycles. The molecular weight excluding hydrogens is 295 g/mol. The molecule has 0 bridgehead atoms. The van der Waals surface area contributed by atoms with Crippen molar-refractivity contribution in [3.8, 4) is 0 Å². The van der Waals surface area contributed by atoms with Crippen molar-refractivity contribution in [2.24, 2.45) is 5.73 Å². The Labute approximate surface area is 114 Å². The van der Waals surface area contributed by atoms with Crippen molar-refractivity contribution in [3.05, 3.63) is 24.0 Å². The third-order valence-electron chi connectivity index (χ3n) is 2.92. The van der Waals surface area contributed by atoms with E-state index in [1.807, 2.05) is 0 Å². The van der Waals surface area contributed by atoms with Gasteiger partial charge in [0.1, 0.15) is 11.4 Å². The van der Waals surface area contributed by atoms with Gasteiger partial charge in [0.15, 0.2) is 0 Å². The van der Waals surface area contributed by atoms with Gasteiger partial charge in [0.25, 0.3) is 0 Å². The van der Waals surface area contributed by atoms with Gasteiger partial charge in [0.05, 0.1) is 5.69 Å². The third kappa shape index (κ3) is 3.28. The first kappa shape index (κ1) is 15.2. The Morgan fingerprint density at radius 3 is 2.55 bits per heavy atom. The summed E-state index contributed by atoms with van der Waals surface area (Å²) in [5, 5.41) is 0. The molecule has 0 aliphatic heterocycles. The van der Waals surface area contributed by atoms with Crippen LogP contribution in [0.15, 0.2) is 23.2 Å². The van der Waals surface area contributed by atoms with Crippen LogP contribution in [0.5, 0.6) is 0 Å². The molecule has 0 saturated heterocycles. The molecule has 0 spiro atoms. The predicted octanol–water partition coefficient (Wildman–Crippen LogP) is 1.26. The Bertz CT molecular complexity index is 585. The van der Waals surface area contributed by atoms with Crippen LogP contribution in [-0.4, -0.2) is 36.5 Å². The minimum atomic E-state index is -4.58. The molecule has 1 saturated carbocycles. The minimum absolute atomic E-state index is 0.0697. The summed E-state index contributed by atoms with van der Waals surface area (Å²) in [6.07, 6.45) is -2.35. The fourth-order valence-corrected chi connectivity index (χ4v) is 3.74. The largest absolute Gasteiger partial charge is 0.402 e. The first-order chi connectivity index (χ1) is 9.25. The van der Waals surface area contributed by atoms with Crippen LogP contribution in [0.4, 0.5) is 13.2 Å². The van der Waals surface area contributed by atoms with E-state index in [0.29, 0.717) is 17.1 Å². The summed E-state index contributed by atoms with van der Waals surface area (Å²) in [6, 6.07) is 2.01. The molecule has 0 atom stereocenters. The standard InChI is InChI=1S/C11H14F3N3O2S/c12-11(13,14)7-17(8-3-4-8)20(18,19)10-2-1-5-16-9(10)6-15/h1-2,5,8H,3-4,6-7,15H2. The third-order valence-corrected chi connectivity index (χ3v) is 4.89. The summed E-state index contributed by atoms with van der Waals surface area (Å²) >= 11 is 0. The van der Waals surface area contributed by atoms with E-state index in [9.17, 15) is 21.6 Å². The minimum Gasteiger partial charge on any atom is -0.325 e. The first-order valence-corrected chi connectivity index (χ1v) is 7.42. The number of rotatable bonds is 5. The number of hydrogen-bond donors (Lipinski definition) is 1. The highest BCUT2D eigenvalue weighted by molar-refractivity contribution is 7.89. The second-order valence-electron chi connectivity index (χ2n) is 4.55. The van der Waals surface area contributed by atoms with Crippen LogP contribution in [0, 0.1) is 0 Å². The quantitative estimate of drug-likeness (QED) is 0.888. The summed E-state index contributed by atoms with van der Waals surface area (Å²) in [5.74, 6) is 0. The van der Waals surface area contributed by atoms with E-state index >= 15 is 0 Å². The molecule has 1 aliphatic carbocycles. The highest BCUT2D eigenvalue weighted by Gasteiger charge is 2.45. The van der Waals surface area contributed by atoms with Crippen molar-refractivity contribution >= 4 is 10.0 Å². The average Bonchev–Trinajstić information content (AvgIpc) is 3.19. The Morgan fingerprint density at radius 2 is 2.05 bits per heavy atom.